The highest BCUT2D eigenvalue weighted by atomic mass is 32.2. The van der Waals surface area contributed by atoms with Gasteiger partial charge in [0.15, 0.2) is 5.17 Å². The van der Waals surface area contributed by atoms with Gasteiger partial charge in [-0.1, -0.05) is 42.1 Å². The molecule has 0 unspecified atom stereocenters. The molecule has 0 amide bonds. The molecule has 4 atom stereocenters. The number of hydrogen-bond acceptors (Lipinski definition) is 6. The number of amidine groups is 1. The molecule has 1 fully saturated rings. The van der Waals surface area contributed by atoms with Crippen molar-refractivity contribution in [2.24, 2.45) is 4.99 Å². The van der Waals surface area contributed by atoms with Crippen LogP contribution < -0.4 is 5.32 Å². The standard InChI is InChI=1S/C16H22N2O3S/c1-17-16-18-12-9-14(13(7-8-19)21-15(12)22-16)20-10-11-5-3-2-4-6-11/h2-6,12-15,19H,7-10H2,1H3,(H,17,18)/t12-,13-,14+,15-/m1/s1. The number of aliphatic imine (C=N–C) groups is 1. The minimum atomic E-state index is -0.0751. The molecule has 0 spiro atoms. The summed E-state index contributed by atoms with van der Waals surface area (Å²) in [5.41, 5.74) is 1.18. The second-order valence-electron chi connectivity index (χ2n) is 5.50. The van der Waals surface area contributed by atoms with Crippen LogP contribution in [0.4, 0.5) is 0 Å². The lowest BCUT2D eigenvalue weighted by molar-refractivity contribution is -0.131. The maximum absolute atomic E-state index is 9.28. The fraction of sp³-hybridized carbons (Fsp3) is 0.562. The molecule has 2 aliphatic heterocycles. The molecule has 2 aliphatic rings. The number of rotatable bonds is 5. The quantitative estimate of drug-likeness (QED) is 0.865. The monoisotopic (exact) mass is 322 g/mol. The van der Waals surface area contributed by atoms with E-state index in [1.807, 2.05) is 25.2 Å². The van der Waals surface area contributed by atoms with Gasteiger partial charge in [-0.05, 0) is 12.0 Å². The number of fused-ring (bicyclic) bond motifs is 1. The number of aliphatic hydroxyl groups excluding tert-OH is 1. The predicted molar refractivity (Wildman–Crippen MR) is 87.9 cm³/mol. The van der Waals surface area contributed by atoms with Crippen molar-refractivity contribution in [3.63, 3.8) is 0 Å². The SMILES string of the molecule is CNC1=N[C@@H]2C[C@H](OCc3ccccc3)[C@@H](CCO)O[C@@H]2S1. The van der Waals surface area contributed by atoms with Crippen LogP contribution in [0.2, 0.25) is 0 Å². The van der Waals surface area contributed by atoms with Crippen LogP contribution in [0.15, 0.2) is 35.3 Å². The molecule has 6 heteroatoms. The van der Waals surface area contributed by atoms with Gasteiger partial charge in [0.1, 0.15) is 5.44 Å². The number of ether oxygens (including phenoxy) is 2. The molecule has 22 heavy (non-hydrogen) atoms. The van der Waals surface area contributed by atoms with Gasteiger partial charge in [-0.15, -0.1) is 0 Å². The zero-order valence-corrected chi connectivity index (χ0v) is 13.5. The van der Waals surface area contributed by atoms with Crippen LogP contribution in [0.3, 0.4) is 0 Å². The molecule has 2 N–H and O–H groups in total. The normalized spacial score (nSPS) is 30.7. The predicted octanol–water partition coefficient (Wildman–Crippen LogP) is 1.76. The molecule has 2 heterocycles. The molecule has 0 radical (unpaired) electrons. The van der Waals surface area contributed by atoms with Crippen LogP contribution >= 0.6 is 11.8 Å². The van der Waals surface area contributed by atoms with Crippen molar-refractivity contribution in [1.29, 1.82) is 0 Å². The highest BCUT2D eigenvalue weighted by molar-refractivity contribution is 8.14. The first kappa shape index (κ1) is 15.8. The summed E-state index contributed by atoms with van der Waals surface area (Å²) in [6.07, 6.45) is 1.32. The molecular weight excluding hydrogens is 300 g/mol. The number of hydrogen-bond donors (Lipinski definition) is 2. The fourth-order valence-corrected chi connectivity index (χ4v) is 3.88. The average molecular weight is 322 g/mol. The van der Waals surface area contributed by atoms with E-state index < -0.39 is 0 Å². The Labute approximate surface area is 135 Å². The summed E-state index contributed by atoms with van der Waals surface area (Å²) in [6.45, 7) is 0.668. The summed E-state index contributed by atoms with van der Waals surface area (Å²) in [7, 11) is 1.87. The summed E-state index contributed by atoms with van der Waals surface area (Å²) in [5.74, 6) is 0. The van der Waals surface area contributed by atoms with E-state index in [1.54, 1.807) is 11.8 Å². The van der Waals surface area contributed by atoms with Crippen molar-refractivity contribution in [1.82, 2.24) is 5.32 Å². The van der Waals surface area contributed by atoms with Crippen molar-refractivity contribution < 1.29 is 14.6 Å². The van der Waals surface area contributed by atoms with Gasteiger partial charge in [0, 0.05) is 20.1 Å². The molecule has 3 rings (SSSR count). The molecule has 0 saturated carbocycles. The van der Waals surface area contributed by atoms with E-state index in [4.69, 9.17) is 9.47 Å². The number of benzene rings is 1. The van der Waals surface area contributed by atoms with E-state index >= 15 is 0 Å². The third kappa shape index (κ3) is 3.63. The largest absolute Gasteiger partial charge is 0.396 e. The summed E-state index contributed by atoms with van der Waals surface area (Å²) < 4.78 is 12.2. The van der Waals surface area contributed by atoms with Gasteiger partial charge in [-0.3, -0.25) is 4.99 Å². The van der Waals surface area contributed by atoms with Gasteiger partial charge in [0.2, 0.25) is 0 Å². The van der Waals surface area contributed by atoms with Crippen molar-refractivity contribution in [2.75, 3.05) is 13.7 Å². The Bertz CT molecular complexity index is 511. The molecule has 1 saturated heterocycles. The minimum absolute atomic E-state index is 0.0332. The van der Waals surface area contributed by atoms with Crippen LogP contribution in [0, 0.1) is 0 Å². The second-order valence-corrected chi connectivity index (χ2v) is 6.58. The highest BCUT2D eigenvalue weighted by Gasteiger charge is 2.42. The van der Waals surface area contributed by atoms with E-state index in [9.17, 15) is 5.11 Å². The van der Waals surface area contributed by atoms with Gasteiger partial charge in [-0.25, -0.2) is 0 Å². The zero-order chi connectivity index (χ0) is 15.4. The molecular formula is C16H22N2O3S. The average Bonchev–Trinajstić information content (AvgIpc) is 2.96. The molecule has 5 nitrogen and oxygen atoms in total. The van der Waals surface area contributed by atoms with Crippen LogP contribution in [0.5, 0.6) is 0 Å². The number of nitrogens with one attached hydrogen (secondary N) is 1. The smallest absolute Gasteiger partial charge is 0.159 e. The maximum atomic E-state index is 9.28. The first-order valence-corrected chi connectivity index (χ1v) is 8.52. The second kappa shape index (κ2) is 7.46. The summed E-state index contributed by atoms with van der Waals surface area (Å²) in [5, 5.41) is 13.3. The van der Waals surface area contributed by atoms with Crippen molar-refractivity contribution in [3.8, 4) is 0 Å². The summed E-state index contributed by atoms with van der Waals surface area (Å²) in [6, 6.07) is 10.2. The van der Waals surface area contributed by atoms with Crippen LogP contribution in [0.25, 0.3) is 0 Å². The Hall–Kier alpha value is -1.08. The van der Waals surface area contributed by atoms with Gasteiger partial charge < -0.3 is 19.9 Å². The molecule has 1 aromatic carbocycles. The third-order valence-corrected chi connectivity index (χ3v) is 5.15. The minimum Gasteiger partial charge on any atom is -0.396 e. The highest BCUT2D eigenvalue weighted by Crippen LogP contribution is 2.37. The Morgan fingerprint density at radius 3 is 2.95 bits per heavy atom. The van der Waals surface area contributed by atoms with E-state index in [1.165, 1.54) is 0 Å². The van der Waals surface area contributed by atoms with Crippen LogP contribution in [0.1, 0.15) is 18.4 Å². The van der Waals surface area contributed by atoms with Crippen molar-refractivity contribution in [2.45, 2.75) is 43.1 Å². The Balaban J connectivity index is 1.63. The topological polar surface area (TPSA) is 63.1 Å². The molecule has 1 aromatic rings. The number of nitrogens with zero attached hydrogens (tertiary/aromatic N) is 1. The van der Waals surface area contributed by atoms with E-state index in [-0.39, 0.29) is 30.3 Å². The maximum Gasteiger partial charge on any atom is 0.159 e. The lowest BCUT2D eigenvalue weighted by Gasteiger charge is -2.37. The van der Waals surface area contributed by atoms with E-state index in [0.717, 1.165) is 17.2 Å². The first-order valence-electron chi connectivity index (χ1n) is 7.64. The van der Waals surface area contributed by atoms with E-state index in [2.05, 4.69) is 22.4 Å². The van der Waals surface area contributed by atoms with Gasteiger partial charge >= 0.3 is 0 Å². The number of aliphatic hydroxyl groups is 1. The van der Waals surface area contributed by atoms with Crippen molar-refractivity contribution in [3.05, 3.63) is 35.9 Å². The Kier molecular flexibility index (Phi) is 5.36. The van der Waals surface area contributed by atoms with Gasteiger partial charge in [0.25, 0.3) is 0 Å². The molecule has 120 valence electrons. The lowest BCUT2D eigenvalue weighted by atomic mass is 9.99. The lowest BCUT2D eigenvalue weighted by Crippen LogP contribution is -2.45. The van der Waals surface area contributed by atoms with Crippen LogP contribution in [-0.2, 0) is 16.1 Å². The summed E-state index contributed by atoms with van der Waals surface area (Å²) >= 11 is 1.62. The zero-order valence-electron chi connectivity index (χ0n) is 12.6. The first-order chi connectivity index (χ1) is 10.8. The third-order valence-electron chi connectivity index (χ3n) is 3.96. The summed E-state index contributed by atoms with van der Waals surface area (Å²) in [4.78, 5) is 4.63. The van der Waals surface area contributed by atoms with Crippen molar-refractivity contribution >= 4 is 16.9 Å². The molecule has 0 bridgehead atoms. The molecule has 0 aromatic heterocycles. The fourth-order valence-electron chi connectivity index (χ4n) is 2.82. The van der Waals surface area contributed by atoms with Gasteiger partial charge in [-0.2, -0.15) is 0 Å². The van der Waals surface area contributed by atoms with Crippen LogP contribution in [-0.4, -0.2) is 47.6 Å². The molecule has 0 aliphatic carbocycles. The number of thioether (sulfide) groups is 1. The van der Waals surface area contributed by atoms with E-state index in [0.29, 0.717) is 13.0 Å². The Morgan fingerprint density at radius 1 is 1.41 bits per heavy atom. The van der Waals surface area contributed by atoms with Gasteiger partial charge in [0.05, 0.1) is 24.9 Å². The Morgan fingerprint density at radius 2 is 2.23 bits per heavy atom.